The van der Waals surface area contributed by atoms with E-state index >= 15 is 0 Å². The molecule has 3 unspecified atom stereocenters. The summed E-state index contributed by atoms with van der Waals surface area (Å²) in [5, 5.41) is 9.74. The standard InChI is InChI=1S/C14H18O4/c1-9(15)11-3-5-12(6-4-11)14(10(2)16)18-8-13-7-17-13/h3-6,10,13-14,16H,7-8H2,1-2H3. The second kappa shape index (κ2) is 5.61. The molecule has 0 radical (unpaired) electrons. The van der Waals surface area contributed by atoms with Crippen LogP contribution in [-0.4, -0.2) is 36.3 Å². The molecule has 18 heavy (non-hydrogen) atoms. The van der Waals surface area contributed by atoms with E-state index in [1.54, 1.807) is 19.1 Å². The molecule has 0 aliphatic carbocycles. The highest BCUT2D eigenvalue weighted by atomic mass is 16.6. The Hall–Kier alpha value is -1.23. The molecule has 1 heterocycles. The van der Waals surface area contributed by atoms with Gasteiger partial charge in [-0.25, -0.2) is 0 Å². The third kappa shape index (κ3) is 3.38. The topological polar surface area (TPSA) is 59.1 Å². The molecule has 0 spiro atoms. The van der Waals surface area contributed by atoms with E-state index in [1.165, 1.54) is 6.92 Å². The smallest absolute Gasteiger partial charge is 0.159 e. The molecule has 1 aliphatic rings. The van der Waals surface area contributed by atoms with E-state index in [1.807, 2.05) is 12.1 Å². The molecule has 0 saturated carbocycles. The minimum absolute atomic E-state index is 0.0300. The van der Waals surface area contributed by atoms with Crippen molar-refractivity contribution in [2.24, 2.45) is 0 Å². The maximum absolute atomic E-state index is 11.2. The van der Waals surface area contributed by atoms with Crippen molar-refractivity contribution in [3.05, 3.63) is 35.4 Å². The first-order chi connectivity index (χ1) is 8.58. The van der Waals surface area contributed by atoms with Gasteiger partial charge in [0.2, 0.25) is 0 Å². The molecule has 4 heteroatoms. The van der Waals surface area contributed by atoms with E-state index in [9.17, 15) is 9.90 Å². The van der Waals surface area contributed by atoms with Crippen molar-refractivity contribution in [1.29, 1.82) is 0 Å². The van der Waals surface area contributed by atoms with Gasteiger partial charge in [-0.3, -0.25) is 4.79 Å². The number of carbonyl (C=O) groups is 1. The molecule has 1 fully saturated rings. The molecule has 4 nitrogen and oxygen atoms in total. The lowest BCUT2D eigenvalue weighted by molar-refractivity contribution is -0.0361. The molecule has 1 aliphatic heterocycles. The molecule has 2 rings (SSSR count). The largest absolute Gasteiger partial charge is 0.390 e. The predicted octanol–water partition coefficient (Wildman–Crippen LogP) is 1.73. The summed E-state index contributed by atoms with van der Waals surface area (Å²) < 4.78 is 10.7. The maximum Gasteiger partial charge on any atom is 0.159 e. The van der Waals surface area contributed by atoms with Crippen LogP contribution in [0.25, 0.3) is 0 Å². The SMILES string of the molecule is CC(=O)c1ccc(C(OCC2CO2)C(C)O)cc1. The fraction of sp³-hybridized carbons (Fsp3) is 0.500. The Balaban J connectivity index is 2.06. The number of Topliss-reactive ketones (excluding diaryl/α,β-unsaturated/α-hetero) is 1. The van der Waals surface area contributed by atoms with E-state index in [2.05, 4.69) is 0 Å². The number of carbonyl (C=O) groups excluding carboxylic acids is 1. The third-order valence-corrected chi connectivity index (χ3v) is 2.95. The highest BCUT2D eigenvalue weighted by Crippen LogP contribution is 2.24. The first-order valence-electron chi connectivity index (χ1n) is 6.10. The Morgan fingerprint density at radius 1 is 1.50 bits per heavy atom. The average Bonchev–Trinajstić information content (AvgIpc) is 3.13. The number of hydrogen-bond donors (Lipinski definition) is 1. The Bertz CT molecular complexity index is 406. The first-order valence-corrected chi connectivity index (χ1v) is 6.10. The third-order valence-electron chi connectivity index (χ3n) is 2.95. The van der Waals surface area contributed by atoms with Gasteiger partial charge < -0.3 is 14.6 Å². The molecule has 1 N–H and O–H groups in total. The summed E-state index contributed by atoms with van der Waals surface area (Å²) in [5.41, 5.74) is 1.53. The molecule has 1 aromatic carbocycles. The number of rotatable bonds is 6. The molecular weight excluding hydrogens is 232 g/mol. The van der Waals surface area contributed by atoms with Crippen molar-refractivity contribution >= 4 is 5.78 Å². The van der Waals surface area contributed by atoms with E-state index in [-0.39, 0.29) is 18.0 Å². The lowest BCUT2D eigenvalue weighted by Gasteiger charge is -2.20. The van der Waals surface area contributed by atoms with E-state index < -0.39 is 6.10 Å². The number of hydrogen-bond acceptors (Lipinski definition) is 4. The van der Waals surface area contributed by atoms with Gasteiger partial charge in [0.05, 0.1) is 19.3 Å². The molecule has 0 amide bonds. The van der Waals surface area contributed by atoms with Crippen LogP contribution in [0.3, 0.4) is 0 Å². The second-order valence-electron chi connectivity index (χ2n) is 4.63. The van der Waals surface area contributed by atoms with Crippen molar-refractivity contribution in [2.75, 3.05) is 13.2 Å². The lowest BCUT2D eigenvalue weighted by atomic mass is 10.0. The highest BCUT2D eigenvalue weighted by molar-refractivity contribution is 5.94. The van der Waals surface area contributed by atoms with Crippen molar-refractivity contribution in [3.63, 3.8) is 0 Å². The predicted molar refractivity (Wildman–Crippen MR) is 66.6 cm³/mol. The van der Waals surface area contributed by atoms with Crippen molar-refractivity contribution < 1.29 is 19.4 Å². The van der Waals surface area contributed by atoms with E-state index in [0.29, 0.717) is 12.2 Å². The van der Waals surface area contributed by atoms with Crippen LogP contribution in [-0.2, 0) is 9.47 Å². The van der Waals surface area contributed by atoms with Gasteiger partial charge in [-0.05, 0) is 19.4 Å². The summed E-state index contributed by atoms with van der Waals surface area (Å²) in [4.78, 5) is 11.2. The van der Waals surface area contributed by atoms with Crippen molar-refractivity contribution in [1.82, 2.24) is 0 Å². The minimum atomic E-state index is -0.605. The van der Waals surface area contributed by atoms with Gasteiger partial charge in [0.15, 0.2) is 5.78 Å². The van der Waals surface area contributed by atoms with Crippen LogP contribution in [0.5, 0.6) is 0 Å². The summed E-state index contributed by atoms with van der Waals surface area (Å²) in [5.74, 6) is 0.0300. The monoisotopic (exact) mass is 250 g/mol. The zero-order chi connectivity index (χ0) is 13.1. The molecule has 1 saturated heterocycles. The fourth-order valence-corrected chi connectivity index (χ4v) is 1.80. The van der Waals surface area contributed by atoms with Crippen LogP contribution in [0.4, 0.5) is 0 Å². The van der Waals surface area contributed by atoms with Crippen LogP contribution in [0.15, 0.2) is 24.3 Å². The molecule has 1 aromatic rings. The number of benzene rings is 1. The second-order valence-corrected chi connectivity index (χ2v) is 4.63. The summed E-state index contributed by atoms with van der Waals surface area (Å²) in [6.07, 6.45) is -0.815. The number of aliphatic hydroxyl groups is 1. The normalized spacial score (nSPS) is 21.4. The van der Waals surface area contributed by atoms with Gasteiger partial charge >= 0.3 is 0 Å². The quantitative estimate of drug-likeness (QED) is 0.617. The lowest BCUT2D eigenvalue weighted by Crippen LogP contribution is -2.20. The Labute approximate surface area is 107 Å². The van der Waals surface area contributed by atoms with Crippen molar-refractivity contribution in [2.45, 2.75) is 32.2 Å². The number of aliphatic hydroxyl groups excluding tert-OH is 1. The van der Waals surface area contributed by atoms with Gasteiger partial charge in [-0.1, -0.05) is 24.3 Å². The van der Waals surface area contributed by atoms with Gasteiger partial charge in [0.1, 0.15) is 12.2 Å². The van der Waals surface area contributed by atoms with Crippen LogP contribution < -0.4 is 0 Å². The number of ether oxygens (including phenoxy) is 2. The van der Waals surface area contributed by atoms with Crippen LogP contribution in [0.2, 0.25) is 0 Å². The highest BCUT2D eigenvalue weighted by Gasteiger charge is 2.26. The molecule has 0 aromatic heterocycles. The minimum Gasteiger partial charge on any atom is -0.390 e. The zero-order valence-electron chi connectivity index (χ0n) is 10.6. The zero-order valence-corrected chi connectivity index (χ0v) is 10.6. The average molecular weight is 250 g/mol. The molecule has 0 bridgehead atoms. The van der Waals surface area contributed by atoms with E-state index in [4.69, 9.17) is 9.47 Å². The summed E-state index contributed by atoms with van der Waals surface area (Å²) in [6.45, 7) is 4.44. The Morgan fingerprint density at radius 3 is 2.56 bits per heavy atom. The van der Waals surface area contributed by atoms with Crippen LogP contribution in [0, 0.1) is 0 Å². The molecular formula is C14H18O4. The van der Waals surface area contributed by atoms with Gasteiger partial charge in [-0.15, -0.1) is 0 Å². The Kier molecular flexibility index (Phi) is 4.11. The maximum atomic E-state index is 11.2. The van der Waals surface area contributed by atoms with E-state index in [0.717, 1.165) is 12.2 Å². The molecule has 3 atom stereocenters. The summed E-state index contributed by atoms with van der Waals surface area (Å²) >= 11 is 0. The summed E-state index contributed by atoms with van der Waals surface area (Å²) in [7, 11) is 0. The number of ketones is 1. The first kappa shape index (κ1) is 13.2. The molecule has 98 valence electrons. The number of epoxide rings is 1. The summed E-state index contributed by atoms with van der Waals surface area (Å²) in [6, 6.07) is 7.15. The van der Waals surface area contributed by atoms with Gasteiger partial charge in [0, 0.05) is 5.56 Å². The van der Waals surface area contributed by atoms with Crippen molar-refractivity contribution in [3.8, 4) is 0 Å². The van der Waals surface area contributed by atoms with Gasteiger partial charge in [0.25, 0.3) is 0 Å². The van der Waals surface area contributed by atoms with Gasteiger partial charge in [-0.2, -0.15) is 0 Å². The Morgan fingerprint density at radius 2 is 2.11 bits per heavy atom. The van der Waals surface area contributed by atoms with Crippen LogP contribution >= 0.6 is 0 Å². The fourth-order valence-electron chi connectivity index (χ4n) is 1.80. The van der Waals surface area contributed by atoms with Crippen LogP contribution in [0.1, 0.15) is 35.9 Å².